The third-order valence-electron chi connectivity index (χ3n) is 4.05. The summed E-state index contributed by atoms with van der Waals surface area (Å²) >= 11 is 1.65. The summed E-state index contributed by atoms with van der Waals surface area (Å²) in [5.41, 5.74) is 3.62. The Hall–Kier alpha value is -1.88. The predicted molar refractivity (Wildman–Crippen MR) is 89.2 cm³/mol. The van der Waals surface area contributed by atoms with Crippen LogP contribution in [0.25, 0.3) is 0 Å². The first-order valence-electron chi connectivity index (χ1n) is 7.73. The third-order valence-corrected chi connectivity index (χ3v) is 5.06. The van der Waals surface area contributed by atoms with Crippen LogP contribution in [0, 0.1) is 0 Å². The van der Waals surface area contributed by atoms with Crippen LogP contribution in [0.4, 0.5) is 4.79 Å². The van der Waals surface area contributed by atoms with E-state index in [1.54, 1.807) is 11.3 Å². The van der Waals surface area contributed by atoms with Gasteiger partial charge in [-0.2, -0.15) is 0 Å². The Balaban J connectivity index is 1.53. The van der Waals surface area contributed by atoms with Crippen molar-refractivity contribution in [3.8, 4) is 0 Å². The number of rotatable bonds is 4. The van der Waals surface area contributed by atoms with Gasteiger partial charge in [-0.3, -0.25) is 0 Å². The lowest BCUT2D eigenvalue weighted by Gasteiger charge is -2.16. The molecule has 2 N–H and O–H groups in total. The van der Waals surface area contributed by atoms with Crippen LogP contribution in [0.3, 0.4) is 0 Å². The molecule has 1 aromatic carbocycles. The number of thiazole rings is 1. The van der Waals surface area contributed by atoms with E-state index in [2.05, 4.69) is 46.8 Å². The molecule has 22 heavy (non-hydrogen) atoms. The largest absolute Gasteiger partial charge is 0.335 e. The zero-order valence-electron chi connectivity index (χ0n) is 12.9. The van der Waals surface area contributed by atoms with Crippen LogP contribution in [0.15, 0.2) is 29.6 Å². The van der Waals surface area contributed by atoms with Crippen LogP contribution in [0.2, 0.25) is 0 Å². The average Bonchev–Trinajstić information content (AvgIpc) is 3.12. The molecule has 3 rings (SSSR count). The number of urea groups is 1. The van der Waals surface area contributed by atoms with E-state index in [4.69, 9.17) is 0 Å². The number of hydrogen-bond donors (Lipinski definition) is 2. The second-order valence-corrected chi connectivity index (χ2v) is 6.68. The Morgan fingerprint density at radius 1 is 1.36 bits per heavy atom. The minimum Gasteiger partial charge on any atom is -0.335 e. The van der Waals surface area contributed by atoms with E-state index in [1.165, 1.54) is 11.1 Å². The number of carbonyl (C=O) groups is 1. The predicted octanol–water partition coefficient (Wildman–Crippen LogP) is 3.23. The van der Waals surface area contributed by atoms with Crippen molar-refractivity contribution in [1.82, 2.24) is 15.6 Å². The number of aromatic nitrogens is 1. The summed E-state index contributed by atoms with van der Waals surface area (Å²) in [6.07, 6.45) is 2.76. The SMILES string of the molecule is CCc1nc([C@@H](C)NC(=O)NC2Cc3ccccc3C2)cs1. The molecule has 116 valence electrons. The van der Waals surface area contributed by atoms with Crippen molar-refractivity contribution in [3.63, 3.8) is 0 Å². The van der Waals surface area contributed by atoms with E-state index in [-0.39, 0.29) is 18.1 Å². The summed E-state index contributed by atoms with van der Waals surface area (Å²) < 4.78 is 0. The zero-order chi connectivity index (χ0) is 15.5. The maximum absolute atomic E-state index is 12.2. The van der Waals surface area contributed by atoms with Gasteiger partial charge in [0.1, 0.15) is 0 Å². The lowest BCUT2D eigenvalue weighted by atomic mass is 10.1. The second-order valence-electron chi connectivity index (χ2n) is 5.73. The van der Waals surface area contributed by atoms with Gasteiger partial charge in [0.15, 0.2) is 0 Å². The van der Waals surface area contributed by atoms with Gasteiger partial charge in [-0.15, -0.1) is 11.3 Å². The Labute approximate surface area is 135 Å². The van der Waals surface area contributed by atoms with Crippen LogP contribution in [0.1, 0.15) is 41.7 Å². The summed E-state index contributed by atoms with van der Waals surface area (Å²) in [6, 6.07) is 8.38. The van der Waals surface area contributed by atoms with Crippen molar-refractivity contribution in [3.05, 3.63) is 51.5 Å². The molecule has 0 saturated heterocycles. The first kappa shape index (κ1) is 15.0. The number of benzene rings is 1. The van der Waals surface area contributed by atoms with Crippen LogP contribution in [0.5, 0.6) is 0 Å². The van der Waals surface area contributed by atoms with Crippen molar-refractivity contribution in [1.29, 1.82) is 0 Å². The van der Waals surface area contributed by atoms with Gasteiger partial charge in [-0.1, -0.05) is 31.2 Å². The monoisotopic (exact) mass is 315 g/mol. The molecule has 0 radical (unpaired) electrons. The van der Waals surface area contributed by atoms with Crippen molar-refractivity contribution in [2.24, 2.45) is 0 Å². The highest BCUT2D eigenvalue weighted by Gasteiger charge is 2.23. The van der Waals surface area contributed by atoms with Crippen molar-refractivity contribution >= 4 is 17.4 Å². The van der Waals surface area contributed by atoms with E-state index in [1.807, 2.05) is 12.3 Å². The standard InChI is InChI=1S/C17H21N3OS/c1-3-16-20-15(10-22-16)11(2)18-17(21)19-14-8-12-6-4-5-7-13(12)9-14/h4-7,10-11,14H,3,8-9H2,1-2H3,(H2,18,19,21)/t11-/m1/s1. The number of nitrogens with one attached hydrogen (secondary N) is 2. The molecular formula is C17H21N3OS. The summed E-state index contributed by atoms with van der Waals surface area (Å²) in [6.45, 7) is 4.06. The van der Waals surface area contributed by atoms with Crippen LogP contribution in [-0.4, -0.2) is 17.1 Å². The Morgan fingerprint density at radius 3 is 2.64 bits per heavy atom. The molecular weight excluding hydrogens is 294 g/mol. The molecule has 5 heteroatoms. The fourth-order valence-electron chi connectivity index (χ4n) is 2.84. The van der Waals surface area contributed by atoms with Gasteiger partial charge < -0.3 is 10.6 Å². The minimum absolute atomic E-state index is 0.0691. The second kappa shape index (κ2) is 6.48. The minimum atomic E-state index is -0.114. The van der Waals surface area contributed by atoms with Crippen LogP contribution >= 0.6 is 11.3 Å². The van der Waals surface area contributed by atoms with Crippen LogP contribution < -0.4 is 10.6 Å². The van der Waals surface area contributed by atoms with Gasteiger partial charge in [0, 0.05) is 11.4 Å². The fraction of sp³-hybridized carbons (Fsp3) is 0.412. The van der Waals surface area contributed by atoms with Crippen molar-refractivity contribution in [2.75, 3.05) is 0 Å². The lowest BCUT2D eigenvalue weighted by Crippen LogP contribution is -2.43. The van der Waals surface area contributed by atoms with Gasteiger partial charge in [0.25, 0.3) is 0 Å². The van der Waals surface area contributed by atoms with E-state index in [9.17, 15) is 4.79 Å². The molecule has 1 heterocycles. The number of aryl methyl sites for hydroxylation is 1. The molecule has 2 amide bonds. The number of hydrogen-bond acceptors (Lipinski definition) is 3. The average molecular weight is 315 g/mol. The molecule has 0 unspecified atom stereocenters. The molecule has 0 bridgehead atoms. The lowest BCUT2D eigenvalue weighted by molar-refractivity contribution is 0.234. The highest BCUT2D eigenvalue weighted by atomic mass is 32.1. The summed E-state index contributed by atoms with van der Waals surface area (Å²) in [4.78, 5) is 16.7. The molecule has 0 fully saturated rings. The van der Waals surface area contributed by atoms with Crippen molar-refractivity contribution in [2.45, 2.75) is 45.2 Å². The number of amides is 2. The zero-order valence-corrected chi connectivity index (χ0v) is 13.7. The molecule has 0 spiro atoms. The van der Waals surface area contributed by atoms with Gasteiger partial charge in [-0.25, -0.2) is 9.78 Å². The molecule has 0 aliphatic heterocycles. The molecule has 1 aliphatic carbocycles. The summed E-state index contributed by atoms with van der Waals surface area (Å²) in [5, 5.41) is 9.18. The highest BCUT2D eigenvalue weighted by molar-refractivity contribution is 7.09. The number of fused-ring (bicyclic) bond motifs is 1. The molecule has 4 nitrogen and oxygen atoms in total. The normalized spacial score (nSPS) is 15.4. The van der Waals surface area contributed by atoms with Gasteiger partial charge in [0.2, 0.25) is 0 Å². The van der Waals surface area contributed by atoms with E-state index < -0.39 is 0 Å². The highest BCUT2D eigenvalue weighted by Crippen LogP contribution is 2.22. The Morgan fingerprint density at radius 2 is 2.05 bits per heavy atom. The molecule has 1 aromatic heterocycles. The van der Waals surface area contributed by atoms with E-state index >= 15 is 0 Å². The maximum Gasteiger partial charge on any atom is 0.315 e. The van der Waals surface area contributed by atoms with E-state index in [0.717, 1.165) is 30.0 Å². The molecule has 1 atom stereocenters. The Bertz CT molecular complexity index is 642. The topological polar surface area (TPSA) is 54.0 Å². The molecule has 2 aromatic rings. The Kier molecular flexibility index (Phi) is 4.43. The summed E-state index contributed by atoms with van der Waals surface area (Å²) in [5.74, 6) is 0. The van der Waals surface area contributed by atoms with Crippen molar-refractivity contribution < 1.29 is 4.79 Å². The molecule has 0 saturated carbocycles. The first-order chi connectivity index (χ1) is 10.7. The van der Waals surface area contributed by atoms with Gasteiger partial charge >= 0.3 is 6.03 Å². The molecule has 1 aliphatic rings. The number of nitrogens with zero attached hydrogens (tertiary/aromatic N) is 1. The third kappa shape index (κ3) is 3.30. The maximum atomic E-state index is 12.2. The van der Waals surface area contributed by atoms with Gasteiger partial charge in [-0.05, 0) is 37.3 Å². The van der Waals surface area contributed by atoms with Gasteiger partial charge in [0.05, 0.1) is 16.7 Å². The summed E-state index contributed by atoms with van der Waals surface area (Å²) in [7, 11) is 0. The number of carbonyl (C=O) groups excluding carboxylic acids is 1. The fourth-order valence-corrected chi connectivity index (χ4v) is 3.68. The van der Waals surface area contributed by atoms with E-state index in [0.29, 0.717) is 0 Å². The first-order valence-corrected chi connectivity index (χ1v) is 8.61. The van der Waals surface area contributed by atoms with Crippen LogP contribution in [-0.2, 0) is 19.3 Å². The smallest absolute Gasteiger partial charge is 0.315 e. The quantitative estimate of drug-likeness (QED) is 0.910.